The summed E-state index contributed by atoms with van der Waals surface area (Å²) in [5.41, 5.74) is -0.635. The number of esters is 2. The molecule has 4 fully saturated rings. The Morgan fingerprint density at radius 3 is 2.45 bits per heavy atom. The van der Waals surface area contributed by atoms with E-state index in [4.69, 9.17) is 9.47 Å². The summed E-state index contributed by atoms with van der Waals surface area (Å²) in [5, 5.41) is 30.8. The first-order chi connectivity index (χ1) is 14.5. The van der Waals surface area contributed by atoms with Gasteiger partial charge in [0.05, 0.1) is 24.7 Å². The van der Waals surface area contributed by atoms with Crippen molar-refractivity contribution in [2.45, 2.75) is 90.6 Å². The Morgan fingerprint density at radius 1 is 1.10 bits per heavy atom. The Bertz CT molecular complexity index is 723. The Hall–Kier alpha value is -1.18. The zero-order chi connectivity index (χ0) is 22.7. The second kappa shape index (κ2) is 7.99. The molecule has 7 nitrogen and oxygen atoms in total. The number of fused-ring (bicyclic) bond motifs is 5. The van der Waals surface area contributed by atoms with Gasteiger partial charge in [-0.05, 0) is 67.6 Å². The van der Waals surface area contributed by atoms with Gasteiger partial charge in [-0.1, -0.05) is 27.7 Å². The molecule has 0 aromatic carbocycles. The molecule has 3 N–H and O–H groups in total. The second-order valence-corrected chi connectivity index (χ2v) is 11.4. The van der Waals surface area contributed by atoms with E-state index >= 15 is 0 Å². The van der Waals surface area contributed by atoms with Gasteiger partial charge in [-0.3, -0.25) is 4.79 Å². The van der Waals surface area contributed by atoms with Gasteiger partial charge in [0, 0.05) is 5.41 Å². The normalized spacial score (nSPS) is 48.1. The van der Waals surface area contributed by atoms with Gasteiger partial charge in [-0.2, -0.15) is 0 Å². The third kappa shape index (κ3) is 3.61. The van der Waals surface area contributed by atoms with Crippen molar-refractivity contribution in [3.05, 3.63) is 0 Å². The minimum Gasteiger partial charge on any atom is -0.465 e. The van der Waals surface area contributed by atoms with Gasteiger partial charge in [-0.15, -0.1) is 0 Å². The zero-order valence-corrected chi connectivity index (χ0v) is 19.1. The number of rotatable bonds is 3. The Kier molecular flexibility index (Phi) is 5.93. The molecule has 0 bridgehead atoms. The maximum absolute atomic E-state index is 12.9. The Balaban J connectivity index is 1.58. The maximum Gasteiger partial charge on any atom is 0.335 e. The van der Waals surface area contributed by atoms with Gasteiger partial charge in [0.25, 0.3) is 0 Å². The molecule has 3 aliphatic carbocycles. The van der Waals surface area contributed by atoms with Crippen LogP contribution in [0.25, 0.3) is 0 Å². The molecular weight excluding hydrogens is 400 g/mol. The van der Waals surface area contributed by atoms with Crippen LogP contribution in [0.2, 0.25) is 0 Å². The molecule has 0 spiro atoms. The van der Waals surface area contributed by atoms with Crippen LogP contribution in [0.1, 0.15) is 66.2 Å². The number of aliphatic hydroxyl groups is 3. The fraction of sp³-hybridized carbons (Fsp3) is 0.917. The van der Waals surface area contributed by atoms with Crippen LogP contribution >= 0.6 is 0 Å². The fourth-order valence-corrected chi connectivity index (χ4v) is 7.42. The first-order valence-corrected chi connectivity index (χ1v) is 11.9. The molecular formula is C24H38O7. The molecule has 0 unspecified atom stereocenters. The van der Waals surface area contributed by atoms with Crippen LogP contribution in [-0.4, -0.2) is 58.3 Å². The second-order valence-electron chi connectivity index (χ2n) is 11.4. The lowest BCUT2D eigenvalue weighted by atomic mass is 9.49. The number of hydrogen-bond acceptors (Lipinski definition) is 7. The number of cyclic esters (lactones) is 1. The van der Waals surface area contributed by atoms with Crippen molar-refractivity contribution >= 4 is 11.9 Å². The summed E-state index contributed by atoms with van der Waals surface area (Å²) in [6, 6.07) is 0. The molecule has 1 saturated heterocycles. The summed E-state index contributed by atoms with van der Waals surface area (Å²) in [7, 11) is 0. The highest BCUT2D eigenvalue weighted by molar-refractivity contribution is 5.75. The largest absolute Gasteiger partial charge is 0.465 e. The number of hydrogen-bond donors (Lipinski definition) is 3. The van der Waals surface area contributed by atoms with E-state index in [1.807, 2.05) is 0 Å². The molecule has 1 aliphatic heterocycles. The van der Waals surface area contributed by atoms with Gasteiger partial charge in [0.1, 0.15) is 6.10 Å². The number of ether oxygens (including phenoxy) is 2. The van der Waals surface area contributed by atoms with Crippen molar-refractivity contribution in [3.8, 4) is 0 Å². The predicted molar refractivity (Wildman–Crippen MR) is 112 cm³/mol. The zero-order valence-electron chi connectivity index (χ0n) is 19.1. The molecule has 176 valence electrons. The van der Waals surface area contributed by atoms with Crippen LogP contribution in [0.5, 0.6) is 0 Å². The molecule has 10 atom stereocenters. The van der Waals surface area contributed by atoms with Crippen molar-refractivity contribution < 1.29 is 34.4 Å². The monoisotopic (exact) mass is 438 g/mol. The molecule has 4 rings (SSSR count). The van der Waals surface area contributed by atoms with Crippen molar-refractivity contribution in [1.29, 1.82) is 0 Å². The van der Waals surface area contributed by atoms with Gasteiger partial charge >= 0.3 is 11.9 Å². The standard InChI is InChI=1S/C24H38O7/c1-12(2)20(27)22(29)31-19-6-5-14-13-11-30-21(28)16-9-17(25)18(26)10-24(16,4)15(13)7-8-23(14,19)3/h12-20,25-27H,5-11H2,1-4H3/t13-,14-,15-,16+,17-,18+,19-,20-,23-,24+/m0/s1. The van der Waals surface area contributed by atoms with E-state index < -0.39 is 35.6 Å². The third-order valence-corrected chi connectivity index (χ3v) is 9.40. The lowest BCUT2D eigenvalue weighted by Crippen LogP contribution is -2.55. The molecule has 0 aromatic heterocycles. The summed E-state index contributed by atoms with van der Waals surface area (Å²) >= 11 is 0. The van der Waals surface area contributed by atoms with Gasteiger partial charge in [0.15, 0.2) is 6.10 Å². The molecule has 31 heavy (non-hydrogen) atoms. The van der Waals surface area contributed by atoms with E-state index in [9.17, 15) is 24.9 Å². The number of carbonyl (C=O) groups excluding carboxylic acids is 2. The minimum atomic E-state index is -1.12. The first-order valence-electron chi connectivity index (χ1n) is 11.9. The molecule has 4 aliphatic rings. The summed E-state index contributed by atoms with van der Waals surface area (Å²) < 4.78 is 11.6. The van der Waals surface area contributed by atoms with E-state index in [1.165, 1.54) is 0 Å². The summed E-state index contributed by atoms with van der Waals surface area (Å²) in [5.74, 6) is -0.814. The molecule has 7 heteroatoms. The summed E-state index contributed by atoms with van der Waals surface area (Å²) in [4.78, 5) is 25.3. The van der Waals surface area contributed by atoms with Crippen LogP contribution in [0.3, 0.4) is 0 Å². The summed E-state index contributed by atoms with van der Waals surface area (Å²) in [6.45, 7) is 8.20. The van der Waals surface area contributed by atoms with Gasteiger partial charge < -0.3 is 24.8 Å². The SMILES string of the molecule is CC(C)[C@H](O)C(=O)O[C@H]1CC[C@H]2[C@@H]3COC(=O)[C@H]4C[C@H](O)[C@H](O)C[C@]4(C)[C@H]3CC[C@]12C. The lowest BCUT2D eigenvalue weighted by molar-refractivity contribution is -0.173. The average Bonchev–Trinajstić information content (AvgIpc) is 2.99. The maximum atomic E-state index is 12.9. The quantitative estimate of drug-likeness (QED) is 0.578. The molecule has 0 amide bonds. The van der Waals surface area contributed by atoms with Gasteiger partial charge in [-0.25, -0.2) is 4.79 Å². The molecule has 1 heterocycles. The fourth-order valence-electron chi connectivity index (χ4n) is 7.42. The molecule has 0 radical (unpaired) electrons. The van der Waals surface area contributed by atoms with Crippen LogP contribution in [0.15, 0.2) is 0 Å². The van der Waals surface area contributed by atoms with Crippen molar-refractivity contribution in [2.75, 3.05) is 6.61 Å². The van der Waals surface area contributed by atoms with E-state index in [0.717, 1.165) is 25.7 Å². The number of aliphatic hydroxyl groups excluding tert-OH is 3. The van der Waals surface area contributed by atoms with Crippen molar-refractivity contribution in [2.24, 2.45) is 40.4 Å². The molecule has 3 saturated carbocycles. The van der Waals surface area contributed by atoms with Crippen LogP contribution in [0.4, 0.5) is 0 Å². The highest BCUT2D eigenvalue weighted by atomic mass is 16.6. The van der Waals surface area contributed by atoms with Crippen molar-refractivity contribution in [1.82, 2.24) is 0 Å². The van der Waals surface area contributed by atoms with Crippen molar-refractivity contribution in [3.63, 3.8) is 0 Å². The lowest BCUT2D eigenvalue weighted by Gasteiger charge is -2.55. The molecule has 0 aromatic rings. The predicted octanol–water partition coefficient (Wildman–Crippen LogP) is 2.05. The minimum absolute atomic E-state index is 0.138. The van der Waals surface area contributed by atoms with E-state index in [2.05, 4.69) is 13.8 Å². The van der Waals surface area contributed by atoms with E-state index in [-0.39, 0.29) is 47.6 Å². The first kappa shape index (κ1) is 23.0. The van der Waals surface area contributed by atoms with Crippen LogP contribution < -0.4 is 0 Å². The van der Waals surface area contributed by atoms with E-state index in [1.54, 1.807) is 13.8 Å². The Labute approximate surface area is 184 Å². The average molecular weight is 439 g/mol. The van der Waals surface area contributed by atoms with Crippen LogP contribution in [-0.2, 0) is 19.1 Å². The Morgan fingerprint density at radius 2 is 1.77 bits per heavy atom. The number of carbonyl (C=O) groups is 2. The van der Waals surface area contributed by atoms with Gasteiger partial charge in [0.2, 0.25) is 0 Å². The summed E-state index contributed by atoms with van der Waals surface area (Å²) in [6.07, 6.45) is 0.928. The van der Waals surface area contributed by atoms with Crippen LogP contribution in [0, 0.1) is 40.4 Å². The highest BCUT2D eigenvalue weighted by Gasteiger charge is 2.63. The van der Waals surface area contributed by atoms with E-state index in [0.29, 0.717) is 13.0 Å². The smallest absolute Gasteiger partial charge is 0.335 e. The highest BCUT2D eigenvalue weighted by Crippen LogP contribution is 2.63. The third-order valence-electron chi connectivity index (χ3n) is 9.40. The topological polar surface area (TPSA) is 113 Å².